The summed E-state index contributed by atoms with van der Waals surface area (Å²) in [7, 11) is 1.61. The number of urea groups is 1. The molecule has 34 heavy (non-hydrogen) atoms. The maximum atomic E-state index is 12.9. The summed E-state index contributed by atoms with van der Waals surface area (Å²) in [6.07, 6.45) is 3.07. The maximum Gasteiger partial charge on any atom is 0.323 e. The predicted octanol–water partition coefficient (Wildman–Crippen LogP) is 4.53. The van der Waals surface area contributed by atoms with Gasteiger partial charge in [0.25, 0.3) is 0 Å². The molecule has 0 bridgehead atoms. The van der Waals surface area contributed by atoms with Gasteiger partial charge in [0.2, 0.25) is 0 Å². The highest BCUT2D eigenvalue weighted by atomic mass is 16.5. The predicted molar refractivity (Wildman–Crippen MR) is 132 cm³/mol. The third-order valence-electron chi connectivity index (χ3n) is 6.04. The van der Waals surface area contributed by atoms with Crippen molar-refractivity contribution in [1.29, 1.82) is 5.26 Å². The van der Waals surface area contributed by atoms with Gasteiger partial charge >= 0.3 is 6.03 Å². The van der Waals surface area contributed by atoms with Gasteiger partial charge in [0.05, 0.1) is 29.6 Å². The number of ether oxygens (including phenoxy) is 2. The Morgan fingerprint density at radius 1 is 1.24 bits per heavy atom. The van der Waals surface area contributed by atoms with E-state index in [1.807, 2.05) is 18.2 Å². The average molecular weight is 465 g/mol. The Bertz CT molecular complexity index is 997. The van der Waals surface area contributed by atoms with Crippen molar-refractivity contribution in [3.8, 4) is 6.07 Å². The number of aldehydes is 1. The van der Waals surface area contributed by atoms with Crippen LogP contribution in [0.3, 0.4) is 0 Å². The smallest absolute Gasteiger partial charge is 0.323 e. The molecular weight excluding hydrogens is 432 g/mol. The lowest BCUT2D eigenvalue weighted by molar-refractivity contribution is -0.108. The van der Waals surface area contributed by atoms with Crippen molar-refractivity contribution in [3.05, 3.63) is 53.6 Å². The Morgan fingerprint density at radius 3 is 2.59 bits per heavy atom. The highest BCUT2D eigenvalue weighted by Crippen LogP contribution is 2.34. The van der Waals surface area contributed by atoms with Crippen LogP contribution in [0.4, 0.5) is 21.9 Å². The molecule has 2 aromatic carbocycles. The number of anilines is 3. The van der Waals surface area contributed by atoms with Crippen molar-refractivity contribution < 1.29 is 19.1 Å². The van der Waals surface area contributed by atoms with Crippen LogP contribution in [0, 0.1) is 11.3 Å². The van der Waals surface area contributed by atoms with E-state index in [4.69, 9.17) is 14.7 Å². The molecule has 0 aromatic heterocycles. The van der Waals surface area contributed by atoms with Gasteiger partial charge in [-0.25, -0.2) is 4.79 Å². The van der Waals surface area contributed by atoms with Gasteiger partial charge in [0.1, 0.15) is 6.29 Å². The van der Waals surface area contributed by atoms with Gasteiger partial charge in [-0.1, -0.05) is 6.07 Å². The number of nitrogens with one attached hydrogen (secondary N) is 2. The molecule has 1 unspecified atom stereocenters. The highest BCUT2D eigenvalue weighted by Gasteiger charge is 2.24. The molecule has 1 atom stereocenters. The van der Waals surface area contributed by atoms with Crippen LogP contribution in [0.15, 0.2) is 42.5 Å². The third kappa shape index (κ3) is 6.56. The minimum atomic E-state index is -0.384. The first-order chi connectivity index (χ1) is 16.6. The van der Waals surface area contributed by atoms with Crippen LogP contribution in [-0.4, -0.2) is 51.8 Å². The Balaban J connectivity index is 1.90. The zero-order valence-electron chi connectivity index (χ0n) is 19.8. The maximum absolute atomic E-state index is 12.9. The van der Waals surface area contributed by atoms with Gasteiger partial charge < -0.3 is 29.8 Å². The van der Waals surface area contributed by atoms with E-state index >= 15 is 0 Å². The summed E-state index contributed by atoms with van der Waals surface area (Å²) in [5.41, 5.74) is 3.63. The van der Waals surface area contributed by atoms with E-state index in [-0.39, 0.29) is 11.9 Å². The molecule has 1 saturated heterocycles. The number of hydrogen-bond donors (Lipinski definition) is 2. The Kier molecular flexibility index (Phi) is 9.44. The fourth-order valence-electron chi connectivity index (χ4n) is 4.31. The second-order valence-corrected chi connectivity index (χ2v) is 8.23. The van der Waals surface area contributed by atoms with Gasteiger partial charge in [-0.3, -0.25) is 0 Å². The van der Waals surface area contributed by atoms with Crippen LogP contribution in [0.2, 0.25) is 0 Å². The van der Waals surface area contributed by atoms with E-state index in [0.29, 0.717) is 36.0 Å². The van der Waals surface area contributed by atoms with E-state index in [0.717, 1.165) is 50.1 Å². The summed E-state index contributed by atoms with van der Waals surface area (Å²) in [6.45, 7) is 4.73. The number of amides is 2. The first-order valence-electron chi connectivity index (χ1n) is 11.6. The first-order valence-corrected chi connectivity index (χ1v) is 11.6. The summed E-state index contributed by atoms with van der Waals surface area (Å²) in [6, 6.07) is 14.6. The Labute approximate surface area is 200 Å². The molecule has 0 aliphatic carbocycles. The largest absolute Gasteiger partial charge is 0.384 e. The van der Waals surface area contributed by atoms with Crippen molar-refractivity contribution in [2.24, 2.45) is 0 Å². The molecule has 2 aromatic rings. The molecule has 0 spiro atoms. The number of carbonyl (C=O) groups excluding carboxylic acids is 2. The topological polar surface area (TPSA) is 104 Å². The van der Waals surface area contributed by atoms with Gasteiger partial charge in [-0.15, -0.1) is 0 Å². The van der Waals surface area contributed by atoms with E-state index in [1.165, 1.54) is 0 Å². The van der Waals surface area contributed by atoms with Gasteiger partial charge in [-0.05, 0) is 61.7 Å². The second kappa shape index (κ2) is 12.7. The van der Waals surface area contributed by atoms with Gasteiger partial charge in [0.15, 0.2) is 0 Å². The molecule has 3 rings (SSSR count). The van der Waals surface area contributed by atoms with Crippen LogP contribution in [0.25, 0.3) is 0 Å². The molecule has 1 fully saturated rings. The number of rotatable bonds is 10. The zero-order valence-corrected chi connectivity index (χ0v) is 19.8. The van der Waals surface area contributed by atoms with E-state index < -0.39 is 0 Å². The lowest BCUT2D eigenvalue weighted by atomic mass is 9.95. The highest BCUT2D eigenvalue weighted by molar-refractivity contribution is 6.02. The number of methoxy groups -OCH3 is 1. The molecule has 1 heterocycles. The minimum absolute atomic E-state index is 0.100. The Hall–Kier alpha value is -3.41. The molecule has 1 aliphatic rings. The average Bonchev–Trinajstić information content (AvgIpc) is 2.86. The zero-order chi connectivity index (χ0) is 24.3. The molecule has 0 radical (unpaired) electrons. The first kappa shape index (κ1) is 25.2. The van der Waals surface area contributed by atoms with E-state index in [1.54, 1.807) is 31.4 Å². The van der Waals surface area contributed by atoms with Crippen molar-refractivity contribution in [2.45, 2.75) is 38.1 Å². The van der Waals surface area contributed by atoms with Gasteiger partial charge in [0, 0.05) is 50.9 Å². The van der Waals surface area contributed by atoms with Gasteiger partial charge in [-0.2, -0.15) is 5.26 Å². The SMILES string of the molecule is CCN(c1ccc(C(CC=O)COC)cc1NC(=O)Nc1ccc(C#N)cc1)C1CCOCC1. The molecule has 180 valence electrons. The Morgan fingerprint density at radius 2 is 1.97 bits per heavy atom. The second-order valence-electron chi connectivity index (χ2n) is 8.23. The number of benzene rings is 2. The lowest BCUT2D eigenvalue weighted by Crippen LogP contribution is -2.40. The van der Waals surface area contributed by atoms with E-state index in [2.05, 4.69) is 28.5 Å². The van der Waals surface area contributed by atoms with Crippen molar-refractivity contribution in [3.63, 3.8) is 0 Å². The standard InChI is InChI=1S/C26H32N4O4/c1-3-30(23-11-14-34-15-12-23)25-9-6-20(21(10-13-31)18-33-2)16-24(25)29-26(32)28-22-7-4-19(17-27)5-8-22/h4-9,13,16,21,23H,3,10-12,14-15,18H2,1-2H3,(H2,28,29,32). The lowest BCUT2D eigenvalue weighted by Gasteiger charge is -2.36. The van der Waals surface area contributed by atoms with Crippen LogP contribution < -0.4 is 15.5 Å². The molecule has 0 saturated carbocycles. The number of nitriles is 1. The molecular formula is C26H32N4O4. The van der Waals surface area contributed by atoms with E-state index in [9.17, 15) is 9.59 Å². The molecule has 8 heteroatoms. The third-order valence-corrected chi connectivity index (χ3v) is 6.04. The fourth-order valence-corrected chi connectivity index (χ4v) is 4.31. The van der Waals surface area contributed by atoms with Crippen molar-refractivity contribution in [1.82, 2.24) is 0 Å². The van der Waals surface area contributed by atoms with Crippen LogP contribution >= 0.6 is 0 Å². The monoisotopic (exact) mass is 464 g/mol. The summed E-state index contributed by atoms with van der Waals surface area (Å²) in [4.78, 5) is 26.4. The van der Waals surface area contributed by atoms with Crippen molar-refractivity contribution in [2.75, 3.05) is 49.0 Å². The number of carbonyl (C=O) groups is 2. The normalized spacial score (nSPS) is 14.6. The van der Waals surface area contributed by atoms with Crippen LogP contribution in [-0.2, 0) is 14.3 Å². The van der Waals surface area contributed by atoms with Crippen LogP contribution in [0.1, 0.15) is 43.2 Å². The van der Waals surface area contributed by atoms with Crippen molar-refractivity contribution >= 4 is 29.4 Å². The molecule has 8 nitrogen and oxygen atoms in total. The summed E-state index contributed by atoms with van der Waals surface area (Å²) < 4.78 is 10.9. The molecule has 2 N–H and O–H groups in total. The number of hydrogen-bond acceptors (Lipinski definition) is 6. The summed E-state index contributed by atoms with van der Waals surface area (Å²) in [5.74, 6) is -0.100. The quantitative estimate of drug-likeness (QED) is 0.501. The number of nitrogens with zero attached hydrogens (tertiary/aromatic N) is 2. The summed E-state index contributed by atoms with van der Waals surface area (Å²) in [5, 5.41) is 14.8. The minimum Gasteiger partial charge on any atom is -0.384 e. The fraction of sp³-hybridized carbons (Fsp3) is 0.423. The molecule has 1 aliphatic heterocycles. The summed E-state index contributed by atoms with van der Waals surface area (Å²) >= 11 is 0. The molecule has 2 amide bonds. The van der Waals surface area contributed by atoms with Crippen LogP contribution in [0.5, 0.6) is 0 Å².